The van der Waals surface area contributed by atoms with Crippen molar-refractivity contribution in [1.82, 2.24) is 20.1 Å². The Morgan fingerprint density at radius 1 is 1.03 bits per heavy atom. The maximum atomic E-state index is 12.2. The predicted octanol–water partition coefficient (Wildman–Crippen LogP) is 2.11. The molecule has 11 heteroatoms. The third kappa shape index (κ3) is 6.81. The number of carbonyl (C=O) groups is 3. The normalized spacial score (nSPS) is 10.5. The van der Waals surface area contributed by atoms with Crippen molar-refractivity contribution in [3.8, 4) is 5.75 Å². The zero-order chi connectivity index (χ0) is 23.8. The van der Waals surface area contributed by atoms with Crippen molar-refractivity contribution in [1.29, 1.82) is 0 Å². The highest BCUT2D eigenvalue weighted by Crippen LogP contribution is 2.17. The smallest absolute Gasteiger partial charge is 0.335 e. The van der Waals surface area contributed by atoms with Crippen LogP contribution in [0.25, 0.3) is 0 Å². The molecule has 3 N–H and O–H groups in total. The van der Waals surface area contributed by atoms with Crippen LogP contribution in [0.3, 0.4) is 0 Å². The van der Waals surface area contributed by atoms with Crippen LogP contribution in [0.2, 0.25) is 0 Å². The fourth-order valence-electron chi connectivity index (χ4n) is 2.82. The number of carbonyl (C=O) groups excluding carboxylic acids is 2. The number of benzene rings is 2. The van der Waals surface area contributed by atoms with Gasteiger partial charge in [0.2, 0.25) is 11.8 Å². The molecule has 0 bridgehead atoms. The molecular formula is C22H23N5O5S. The lowest BCUT2D eigenvalue weighted by atomic mass is 10.1. The van der Waals surface area contributed by atoms with Gasteiger partial charge in [-0.2, -0.15) is 0 Å². The minimum absolute atomic E-state index is 0.0937. The number of hydrogen-bond donors (Lipinski definition) is 3. The summed E-state index contributed by atoms with van der Waals surface area (Å²) in [5, 5.41) is 23.1. The Balaban J connectivity index is 1.46. The monoisotopic (exact) mass is 469 g/mol. The maximum absolute atomic E-state index is 12.2. The number of nitrogens with zero attached hydrogens (tertiary/aromatic N) is 3. The molecule has 2 amide bonds. The topological polar surface area (TPSA) is 135 Å². The standard InChI is InChI=1S/C22H23N5O5S/c1-27-18(12-23-19(28)11-14-3-9-17(32-2)10-4-14)25-26-22(27)33-13-20(29)24-16-7-5-15(6-8-16)21(30)31/h3-10H,11-13H2,1-2H3,(H,23,28)(H,24,29)(H,30,31). The van der Waals surface area contributed by atoms with E-state index in [0.717, 1.165) is 11.3 Å². The molecule has 0 radical (unpaired) electrons. The van der Waals surface area contributed by atoms with Crippen LogP contribution in [0.1, 0.15) is 21.7 Å². The summed E-state index contributed by atoms with van der Waals surface area (Å²) in [5.74, 6) is -0.0564. The lowest BCUT2D eigenvalue weighted by molar-refractivity contribution is -0.120. The van der Waals surface area contributed by atoms with Gasteiger partial charge in [0.25, 0.3) is 0 Å². The second kappa shape index (κ2) is 11.1. The highest BCUT2D eigenvalue weighted by Gasteiger charge is 2.13. The molecule has 0 spiro atoms. The van der Waals surface area contributed by atoms with E-state index in [-0.39, 0.29) is 36.1 Å². The molecule has 2 aromatic carbocycles. The Hall–Kier alpha value is -3.86. The number of nitrogens with one attached hydrogen (secondary N) is 2. The van der Waals surface area contributed by atoms with Crippen LogP contribution in [0, 0.1) is 0 Å². The largest absolute Gasteiger partial charge is 0.497 e. The number of rotatable bonds is 10. The highest BCUT2D eigenvalue weighted by atomic mass is 32.2. The van der Waals surface area contributed by atoms with Crippen molar-refractivity contribution in [3.05, 3.63) is 65.5 Å². The minimum atomic E-state index is -1.03. The molecule has 0 unspecified atom stereocenters. The molecule has 3 aromatic rings. The van der Waals surface area contributed by atoms with Gasteiger partial charge in [0.1, 0.15) is 5.75 Å². The summed E-state index contributed by atoms with van der Waals surface area (Å²) in [4.78, 5) is 35.3. The Bertz CT molecular complexity index is 1130. The number of carboxylic acids is 1. The highest BCUT2D eigenvalue weighted by molar-refractivity contribution is 7.99. The van der Waals surface area contributed by atoms with Crippen molar-refractivity contribution in [2.75, 3.05) is 18.2 Å². The average molecular weight is 470 g/mol. The summed E-state index contributed by atoms with van der Waals surface area (Å²) in [6, 6.07) is 13.2. The lowest BCUT2D eigenvalue weighted by Gasteiger charge is -2.07. The summed E-state index contributed by atoms with van der Waals surface area (Å²) in [7, 11) is 3.35. The van der Waals surface area contributed by atoms with E-state index >= 15 is 0 Å². The second-order valence-corrected chi connectivity index (χ2v) is 7.92. The van der Waals surface area contributed by atoms with Crippen LogP contribution in [0.15, 0.2) is 53.7 Å². The maximum Gasteiger partial charge on any atom is 0.335 e. The van der Waals surface area contributed by atoms with E-state index in [1.807, 2.05) is 12.1 Å². The molecule has 0 atom stereocenters. The molecule has 0 aliphatic heterocycles. The molecule has 0 fully saturated rings. The average Bonchev–Trinajstić information content (AvgIpc) is 3.16. The third-order valence-electron chi connectivity index (χ3n) is 4.64. The van der Waals surface area contributed by atoms with Gasteiger partial charge in [-0.15, -0.1) is 10.2 Å². The summed E-state index contributed by atoms with van der Waals surface area (Å²) in [6.45, 7) is 0.209. The fraction of sp³-hybridized carbons (Fsp3) is 0.227. The number of aromatic carboxylic acids is 1. The van der Waals surface area contributed by atoms with Gasteiger partial charge in [-0.1, -0.05) is 23.9 Å². The number of aromatic nitrogens is 3. The number of amides is 2. The number of thioether (sulfide) groups is 1. The zero-order valence-electron chi connectivity index (χ0n) is 18.1. The number of methoxy groups -OCH3 is 1. The van der Waals surface area contributed by atoms with E-state index < -0.39 is 5.97 Å². The van der Waals surface area contributed by atoms with Crippen LogP contribution in [0.4, 0.5) is 5.69 Å². The predicted molar refractivity (Wildman–Crippen MR) is 122 cm³/mol. The number of anilines is 1. The first-order chi connectivity index (χ1) is 15.9. The van der Waals surface area contributed by atoms with Gasteiger partial charge in [0.05, 0.1) is 31.4 Å². The minimum Gasteiger partial charge on any atom is -0.497 e. The fourth-order valence-corrected chi connectivity index (χ4v) is 3.55. The van der Waals surface area contributed by atoms with Gasteiger partial charge >= 0.3 is 5.97 Å². The van der Waals surface area contributed by atoms with Gasteiger partial charge < -0.3 is 25.0 Å². The van der Waals surface area contributed by atoms with Crippen molar-refractivity contribution < 1.29 is 24.2 Å². The molecule has 0 aliphatic rings. The molecule has 1 heterocycles. The first kappa shape index (κ1) is 23.8. The Kier molecular flexibility index (Phi) is 8.03. The van der Waals surface area contributed by atoms with Crippen LogP contribution in [0.5, 0.6) is 5.75 Å². The van der Waals surface area contributed by atoms with Crippen molar-refractivity contribution >= 4 is 35.2 Å². The quantitative estimate of drug-likeness (QED) is 0.384. The number of hydrogen-bond acceptors (Lipinski definition) is 7. The summed E-state index contributed by atoms with van der Waals surface area (Å²) in [5.41, 5.74) is 1.51. The van der Waals surface area contributed by atoms with Gasteiger partial charge in [0.15, 0.2) is 11.0 Å². The van der Waals surface area contributed by atoms with Crippen LogP contribution in [-0.2, 0) is 29.6 Å². The van der Waals surface area contributed by atoms with E-state index in [2.05, 4.69) is 20.8 Å². The van der Waals surface area contributed by atoms with E-state index in [1.54, 1.807) is 30.9 Å². The number of ether oxygens (including phenoxy) is 1. The molecular weight excluding hydrogens is 446 g/mol. The van der Waals surface area contributed by atoms with Crippen molar-refractivity contribution in [2.24, 2.45) is 7.05 Å². The van der Waals surface area contributed by atoms with Crippen LogP contribution >= 0.6 is 11.8 Å². The molecule has 172 valence electrons. The Labute approximate surface area is 194 Å². The first-order valence-electron chi connectivity index (χ1n) is 9.89. The second-order valence-electron chi connectivity index (χ2n) is 6.98. The van der Waals surface area contributed by atoms with E-state index in [4.69, 9.17) is 9.84 Å². The van der Waals surface area contributed by atoms with E-state index in [0.29, 0.717) is 16.7 Å². The Morgan fingerprint density at radius 2 is 1.73 bits per heavy atom. The molecule has 33 heavy (non-hydrogen) atoms. The van der Waals surface area contributed by atoms with Crippen molar-refractivity contribution in [2.45, 2.75) is 18.1 Å². The third-order valence-corrected chi connectivity index (χ3v) is 5.66. The molecule has 10 nitrogen and oxygen atoms in total. The SMILES string of the molecule is COc1ccc(CC(=O)NCc2nnc(SCC(=O)Nc3ccc(C(=O)O)cc3)n2C)cc1. The van der Waals surface area contributed by atoms with Crippen LogP contribution < -0.4 is 15.4 Å². The molecule has 0 saturated heterocycles. The van der Waals surface area contributed by atoms with Crippen molar-refractivity contribution in [3.63, 3.8) is 0 Å². The number of carboxylic acid groups (broad SMARTS) is 1. The summed E-state index contributed by atoms with van der Waals surface area (Å²) >= 11 is 1.20. The van der Waals surface area contributed by atoms with Gasteiger partial charge in [-0.25, -0.2) is 4.79 Å². The zero-order valence-corrected chi connectivity index (χ0v) is 18.9. The van der Waals surface area contributed by atoms with Gasteiger partial charge in [0, 0.05) is 12.7 Å². The Morgan fingerprint density at radius 3 is 2.36 bits per heavy atom. The van der Waals surface area contributed by atoms with E-state index in [1.165, 1.54) is 36.0 Å². The first-order valence-corrected chi connectivity index (χ1v) is 10.9. The summed E-state index contributed by atoms with van der Waals surface area (Å²) in [6.07, 6.45) is 0.233. The summed E-state index contributed by atoms with van der Waals surface area (Å²) < 4.78 is 6.82. The molecule has 0 aliphatic carbocycles. The van der Waals surface area contributed by atoms with Gasteiger partial charge in [-0.3, -0.25) is 9.59 Å². The molecule has 1 aromatic heterocycles. The lowest BCUT2D eigenvalue weighted by Crippen LogP contribution is -2.26. The van der Waals surface area contributed by atoms with Gasteiger partial charge in [-0.05, 0) is 42.0 Å². The van der Waals surface area contributed by atoms with Crippen LogP contribution in [-0.4, -0.2) is 50.5 Å². The molecule has 0 saturated carbocycles. The molecule has 3 rings (SSSR count). The van der Waals surface area contributed by atoms with E-state index in [9.17, 15) is 14.4 Å².